The van der Waals surface area contributed by atoms with Crippen LogP contribution in [0.25, 0.3) is 0 Å². The van der Waals surface area contributed by atoms with Crippen molar-refractivity contribution in [3.63, 3.8) is 0 Å². The number of hydrogen-bond acceptors (Lipinski definition) is 1. The molecule has 0 radical (unpaired) electrons. The molecular weight excluding hydrogens is 268 g/mol. The fourth-order valence-electron chi connectivity index (χ4n) is 1.03. The normalized spacial score (nSPS) is 8.79. The molecule has 0 aliphatic heterocycles. The largest absolute Gasteiger partial charge is 1.00 e. The molecule has 0 saturated carbocycles. The standard InChI is InChI=1S/C12H13O.Ag/c1-2-3-7-10-13-11-12-8-5-4-6-9-12;/h4-6,8-9H,3,7,10-11H2;/q-1;+1. The quantitative estimate of drug-likeness (QED) is 0.349. The minimum absolute atomic E-state index is 0. The minimum atomic E-state index is 0. The summed E-state index contributed by atoms with van der Waals surface area (Å²) in [5.74, 6) is 2.34. The molecule has 0 amide bonds. The van der Waals surface area contributed by atoms with Gasteiger partial charge in [-0.05, 0) is 18.4 Å². The van der Waals surface area contributed by atoms with Crippen molar-refractivity contribution in [3.05, 3.63) is 42.3 Å². The molecule has 2 heteroatoms. The molecule has 0 aromatic heterocycles. The Morgan fingerprint density at radius 3 is 2.57 bits per heavy atom. The van der Waals surface area contributed by atoms with Gasteiger partial charge in [0.25, 0.3) is 0 Å². The van der Waals surface area contributed by atoms with Crippen molar-refractivity contribution in [2.75, 3.05) is 6.61 Å². The van der Waals surface area contributed by atoms with Gasteiger partial charge < -0.3 is 17.1 Å². The maximum absolute atomic E-state index is 6.70. The van der Waals surface area contributed by atoms with Crippen molar-refractivity contribution in [2.24, 2.45) is 0 Å². The van der Waals surface area contributed by atoms with Crippen molar-refractivity contribution < 1.29 is 27.1 Å². The van der Waals surface area contributed by atoms with Crippen molar-refractivity contribution in [3.8, 4) is 5.92 Å². The van der Waals surface area contributed by atoms with Crippen LogP contribution in [-0.4, -0.2) is 6.61 Å². The number of hydrogen-bond donors (Lipinski definition) is 0. The zero-order chi connectivity index (χ0) is 9.36. The first kappa shape index (κ1) is 13.5. The Morgan fingerprint density at radius 2 is 1.93 bits per heavy atom. The maximum atomic E-state index is 6.70. The second kappa shape index (κ2) is 9.05. The molecule has 0 spiro atoms. The second-order valence-electron chi connectivity index (χ2n) is 2.82. The molecule has 0 fully saturated rings. The molecule has 0 aliphatic carbocycles. The molecular formula is C12H13AgO. The zero-order valence-electron chi connectivity index (χ0n) is 7.92. The van der Waals surface area contributed by atoms with Crippen LogP contribution in [0.4, 0.5) is 0 Å². The van der Waals surface area contributed by atoms with Gasteiger partial charge in [0.15, 0.2) is 0 Å². The van der Waals surface area contributed by atoms with Crippen molar-refractivity contribution >= 4 is 0 Å². The monoisotopic (exact) mass is 280 g/mol. The van der Waals surface area contributed by atoms with Gasteiger partial charge in [-0.25, -0.2) is 0 Å². The van der Waals surface area contributed by atoms with Crippen molar-refractivity contribution in [1.29, 1.82) is 0 Å². The first-order chi connectivity index (χ1) is 6.43. The predicted molar refractivity (Wildman–Crippen MR) is 52.5 cm³/mol. The van der Waals surface area contributed by atoms with Crippen molar-refractivity contribution in [2.45, 2.75) is 19.4 Å². The van der Waals surface area contributed by atoms with Crippen LogP contribution in [0.2, 0.25) is 0 Å². The fraction of sp³-hybridized carbons (Fsp3) is 0.333. The molecule has 1 aromatic rings. The number of unbranched alkanes of at least 4 members (excludes halogenated alkanes) is 1. The van der Waals surface area contributed by atoms with Crippen LogP contribution in [0, 0.1) is 12.3 Å². The summed E-state index contributed by atoms with van der Waals surface area (Å²) in [6.07, 6.45) is 8.27. The van der Waals surface area contributed by atoms with Gasteiger partial charge in [-0.1, -0.05) is 30.3 Å². The first-order valence-electron chi connectivity index (χ1n) is 4.45. The van der Waals surface area contributed by atoms with E-state index in [0.29, 0.717) is 19.6 Å². The Hall–Kier alpha value is -0.520. The van der Waals surface area contributed by atoms with E-state index in [9.17, 15) is 0 Å². The van der Waals surface area contributed by atoms with E-state index in [4.69, 9.17) is 11.2 Å². The van der Waals surface area contributed by atoms with Crippen LogP contribution in [0.1, 0.15) is 18.4 Å². The predicted octanol–water partition coefficient (Wildman–Crippen LogP) is 2.57. The van der Waals surface area contributed by atoms with E-state index >= 15 is 0 Å². The van der Waals surface area contributed by atoms with Crippen LogP contribution in [0.5, 0.6) is 0 Å². The summed E-state index contributed by atoms with van der Waals surface area (Å²) in [4.78, 5) is 0. The average molecular weight is 281 g/mol. The van der Waals surface area contributed by atoms with E-state index < -0.39 is 0 Å². The Kier molecular flexibility index (Phi) is 8.72. The summed E-state index contributed by atoms with van der Waals surface area (Å²) in [5.41, 5.74) is 1.20. The average Bonchev–Trinajstić information content (AvgIpc) is 2.19. The van der Waals surface area contributed by atoms with Gasteiger partial charge in [-0.15, -0.1) is 0 Å². The molecule has 0 atom stereocenters. The molecule has 0 unspecified atom stereocenters. The van der Waals surface area contributed by atoms with Gasteiger partial charge in [-0.2, -0.15) is 0 Å². The summed E-state index contributed by atoms with van der Waals surface area (Å²) in [6, 6.07) is 10.1. The molecule has 1 nitrogen and oxygen atoms in total. The Balaban J connectivity index is 0.00000169. The van der Waals surface area contributed by atoms with E-state index in [1.165, 1.54) is 5.56 Å². The Bertz CT molecular complexity index is 263. The van der Waals surface area contributed by atoms with E-state index in [2.05, 4.69) is 5.92 Å². The summed E-state index contributed by atoms with van der Waals surface area (Å²) >= 11 is 0. The molecule has 0 N–H and O–H groups in total. The van der Waals surface area contributed by atoms with Crippen LogP contribution >= 0.6 is 0 Å². The molecule has 0 saturated heterocycles. The minimum Gasteiger partial charge on any atom is -0.694 e. The molecule has 0 heterocycles. The van der Waals surface area contributed by atoms with Gasteiger partial charge in [0.1, 0.15) is 0 Å². The molecule has 78 valence electrons. The van der Waals surface area contributed by atoms with Gasteiger partial charge in [-0.3, -0.25) is 0 Å². The third kappa shape index (κ3) is 6.01. The van der Waals surface area contributed by atoms with E-state index in [1.807, 2.05) is 30.3 Å². The SMILES string of the molecule is [Ag+].[C-]#CCCCOCc1ccccc1. The van der Waals surface area contributed by atoms with Crippen LogP contribution in [0.15, 0.2) is 30.3 Å². The van der Waals surface area contributed by atoms with Gasteiger partial charge in [0.05, 0.1) is 6.61 Å². The van der Waals surface area contributed by atoms with E-state index in [1.54, 1.807) is 0 Å². The van der Waals surface area contributed by atoms with Gasteiger partial charge in [0, 0.05) is 6.61 Å². The third-order valence-electron chi connectivity index (χ3n) is 1.70. The topological polar surface area (TPSA) is 9.23 Å². The van der Waals surface area contributed by atoms with Crippen LogP contribution < -0.4 is 0 Å². The van der Waals surface area contributed by atoms with Crippen molar-refractivity contribution in [1.82, 2.24) is 0 Å². The molecule has 1 rings (SSSR count). The summed E-state index contributed by atoms with van der Waals surface area (Å²) in [6.45, 7) is 1.37. The zero-order valence-corrected chi connectivity index (χ0v) is 9.41. The van der Waals surface area contributed by atoms with Gasteiger partial charge in [0.2, 0.25) is 0 Å². The molecule has 1 aromatic carbocycles. The van der Waals surface area contributed by atoms with E-state index in [0.717, 1.165) is 6.42 Å². The fourth-order valence-corrected chi connectivity index (χ4v) is 1.03. The number of ether oxygens (including phenoxy) is 1. The van der Waals surface area contributed by atoms with E-state index in [-0.39, 0.29) is 22.4 Å². The maximum Gasteiger partial charge on any atom is 1.00 e. The summed E-state index contributed by atoms with van der Waals surface area (Å²) in [7, 11) is 0. The molecule has 0 bridgehead atoms. The Morgan fingerprint density at radius 1 is 1.21 bits per heavy atom. The number of rotatable bonds is 5. The summed E-state index contributed by atoms with van der Waals surface area (Å²) in [5, 5.41) is 0. The smallest absolute Gasteiger partial charge is 0.694 e. The second-order valence-corrected chi connectivity index (χ2v) is 2.82. The van der Waals surface area contributed by atoms with Gasteiger partial charge >= 0.3 is 22.4 Å². The molecule has 14 heavy (non-hydrogen) atoms. The number of benzene rings is 1. The Labute approximate surface area is 101 Å². The molecule has 0 aliphatic rings. The third-order valence-corrected chi connectivity index (χ3v) is 1.70. The van der Waals surface area contributed by atoms with Crippen LogP contribution in [0.3, 0.4) is 0 Å². The first-order valence-corrected chi connectivity index (χ1v) is 4.45. The van der Waals surface area contributed by atoms with Crippen LogP contribution in [-0.2, 0) is 33.7 Å². The summed E-state index contributed by atoms with van der Waals surface area (Å²) < 4.78 is 5.40.